The van der Waals surface area contributed by atoms with Crippen LogP contribution < -0.4 is 10.0 Å². The highest BCUT2D eigenvalue weighted by Gasteiger charge is 2.00. The third-order valence-electron chi connectivity index (χ3n) is 1.51. The van der Waals surface area contributed by atoms with Crippen LogP contribution in [-0.2, 0) is 10.3 Å². The number of anilines is 1. The number of rotatable bonds is 5. The summed E-state index contributed by atoms with van der Waals surface area (Å²) in [6, 6.07) is 9.37. The van der Waals surface area contributed by atoms with Gasteiger partial charge in [0.1, 0.15) is 0 Å². The van der Waals surface area contributed by atoms with E-state index in [0.29, 0.717) is 6.54 Å². The molecule has 0 unspecified atom stereocenters. The van der Waals surface area contributed by atoms with Crippen LogP contribution in [0.1, 0.15) is 7.43 Å². The van der Waals surface area contributed by atoms with E-state index in [2.05, 4.69) is 5.32 Å². The molecule has 1 rings (SSSR count). The molecule has 15 heavy (non-hydrogen) atoms. The van der Waals surface area contributed by atoms with E-state index in [0.717, 1.165) is 5.69 Å². The Morgan fingerprint density at radius 3 is 2.27 bits per heavy atom. The average Bonchev–Trinajstić information content (AvgIpc) is 2.13. The van der Waals surface area contributed by atoms with Gasteiger partial charge in [-0.1, -0.05) is 25.6 Å². The van der Waals surface area contributed by atoms with E-state index in [9.17, 15) is 8.42 Å². The maximum absolute atomic E-state index is 10.3. The fourth-order valence-electron chi connectivity index (χ4n) is 0.943. The van der Waals surface area contributed by atoms with Crippen molar-refractivity contribution in [2.24, 2.45) is 0 Å². The van der Waals surface area contributed by atoms with E-state index in [1.807, 2.05) is 35.1 Å². The number of para-hydroxylation sites is 1. The van der Waals surface area contributed by atoms with Gasteiger partial charge in [0.25, 0.3) is 0 Å². The highest BCUT2D eigenvalue weighted by Crippen LogP contribution is 2.03. The van der Waals surface area contributed by atoms with Gasteiger partial charge in [0, 0.05) is 18.8 Å². The van der Waals surface area contributed by atoms with Crippen LogP contribution in [-0.4, -0.2) is 26.1 Å². The van der Waals surface area contributed by atoms with Crippen LogP contribution in [0.5, 0.6) is 0 Å². The summed E-state index contributed by atoms with van der Waals surface area (Å²) in [4.78, 5) is 0. The summed E-state index contributed by atoms with van der Waals surface area (Å²) in [6.45, 7) is 0.567. The zero-order valence-corrected chi connectivity index (χ0v) is 8.29. The monoisotopic (exact) mass is 232 g/mol. The molecule has 0 aliphatic heterocycles. The van der Waals surface area contributed by atoms with Gasteiger partial charge in [0.15, 0.2) is 0 Å². The fourth-order valence-corrected chi connectivity index (χ4v) is 1.30. The lowest BCUT2D eigenvalue weighted by Crippen LogP contribution is -2.28. The largest absolute Gasteiger partial charge is 0.384 e. The van der Waals surface area contributed by atoms with Crippen LogP contribution in [0.3, 0.4) is 0 Å². The first kappa shape index (κ1) is 13.9. The average molecular weight is 232 g/mol. The Morgan fingerprint density at radius 2 is 1.73 bits per heavy atom. The van der Waals surface area contributed by atoms with Crippen molar-refractivity contribution < 1.29 is 13.0 Å². The highest BCUT2D eigenvalue weighted by atomic mass is 32.2. The zero-order valence-electron chi connectivity index (χ0n) is 7.47. The highest BCUT2D eigenvalue weighted by molar-refractivity contribution is 7.83. The molecular formula is C9H16N2O3S. The Labute approximate surface area is 90.4 Å². The van der Waals surface area contributed by atoms with Gasteiger partial charge in [-0.3, -0.25) is 4.55 Å². The van der Waals surface area contributed by atoms with E-state index in [1.165, 1.54) is 0 Å². The van der Waals surface area contributed by atoms with Gasteiger partial charge >= 0.3 is 10.3 Å². The van der Waals surface area contributed by atoms with Crippen LogP contribution in [0.15, 0.2) is 30.3 Å². The molecule has 0 amide bonds. The summed E-state index contributed by atoms with van der Waals surface area (Å²) in [5, 5.41) is 2.98. The molecule has 0 saturated heterocycles. The summed E-state index contributed by atoms with van der Waals surface area (Å²) in [6.07, 6.45) is 0. The van der Waals surface area contributed by atoms with Crippen LogP contribution in [0.2, 0.25) is 0 Å². The lowest BCUT2D eigenvalue weighted by atomic mass is 10.3. The molecule has 86 valence electrons. The normalized spacial score (nSPS) is 10.5. The third-order valence-corrected chi connectivity index (χ3v) is 2.08. The number of benzene rings is 1. The molecule has 3 N–H and O–H groups in total. The van der Waals surface area contributed by atoms with Gasteiger partial charge in [0.2, 0.25) is 0 Å². The van der Waals surface area contributed by atoms with Crippen molar-refractivity contribution >= 4 is 16.0 Å². The fraction of sp³-hybridized carbons (Fsp3) is 0.333. The van der Waals surface area contributed by atoms with Crippen molar-refractivity contribution in [3.63, 3.8) is 0 Å². The molecule has 0 aliphatic rings. The van der Waals surface area contributed by atoms with Crippen molar-refractivity contribution in [3.8, 4) is 0 Å². The van der Waals surface area contributed by atoms with Gasteiger partial charge < -0.3 is 5.32 Å². The van der Waals surface area contributed by atoms with Gasteiger partial charge in [-0.2, -0.15) is 13.1 Å². The summed E-state index contributed by atoms with van der Waals surface area (Å²) in [5.74, 6) is 0. The van der Waals surface area contributed by atoms with E-state index in [1.54, 1.807) is 0 Å². The number of hydrogen-bond donors (Lipinski definition) is 3. The minimum Gasteiger partial charge on any atom is -0.384 e. The lowest BCUT2D eigenvalue weighted by Gasteiger charge is -2.05. The first-order valence-corrected chi connectivity index (χ1v) is 5.53. The van der Waals surface area contributed by atoms with Crippen molar-refractivity contribution in [2.45, 2.75) is 7.43 Å². The molecule has 0 spiro atoms. The molecule has 1 aromatic rings. The van der Waals surface area contributed by atoms with Crippen LogP contribution >= 0.6 is 0 Å². The molecule has 5 nitrogen and oxygen atoms in total. The molecule has 0 aliphatic carbocycles. The minimum atomic E-state index is -4.07. The first-order valence-electron chi connectivity index (χ1n) is 4.09. The van der Waals surface area contributed by atoms with Crippen molar-refractivity contribution in [1.29, 1.82) is 0 Å². The lowest BCUT2D eigenvalue weighted by molar-refractivity contribution is 0.469. The third kappa shape index (κ3) is 6.89. The second kappa shape index (κ2) is 6.39. The number of nitrogens with one attached hydrogen (secondary N) is 2. The van der Waals surface area contributed by atoms with Gasteiger partial charge in [-0.15, -0.1) is 0 Å². The number of hydrogen-bond acceptors (Lipinski definition) is 3. The topological polar surface area (TPSA) is 78.4 Å². The summed E-state index contributed by atoms with van der Waals surface area (Å²) in [7, 11) is -4.07. The minimum absolute atomic E-state index is 0. The SMILES string of the molecule is C.O=S(=O)(O)NCCNc1ccccc1. The van der Waals surface area contributed by atoms with Gasteiger partial charge in [-0.25, -0.2) is 0 Å². The van der Waals surface area contributed by atoms with Gasteiger partial charge in [0.05, 0.1) is 0 Å². The maximum atomic E-state index is 10.3. The predicted octanol–water partition coefficient (Wildman–Crippen LogP) is 1.13. The Bertz CT molecular complexity index is 364. The summed E-state index contributed by atoms with van der Waals surface area (Å²) >= 11 is 0. The second-order valence-electron chi connectivity index (χ2n) is 2.66. The van der Waals surface area contributed by atoms with E-state index < -0.39 is 10.3 Å². The van der Waals surface area contributed by atoms with Crippen molar-refractivity contribution in [2.75, 3.05) is 18.4 Å². The standard InChI is InChI=1S/C8H12N2O3S.CH4/c11-14(12,13)10-7-6-9-8-4-2-1-3-5-8;/h1-5,9-10H,6-7H2,(H,11,12,13);1H4. The molecule has 0 saturated carbocycles. The Morgan fingerprint density at radius 1 is 1.13 bits per heavy atom. The van der Waals surface area contributed by atoms with Crippen LogP contribution in [0.25, 0.3) is 0 Å². The predicted molar refractivity (Wildman–Crippen MR) is 61.2 cm³/mol. The smallest absolute Gasteiger partial charge is 0.333 e. The van der Waals surface area contributed by atoms with E-state index in [-0.39, 0.29) is 14.0 Å². The van der Waals surface area contributed by atoms with Crippen molar-refractivity contribution in [3.05, 3.63) is 30.3 Å². The Balaban J connectivity index is 0.00000196. The second-order valence-corrected chi connectivity index (χ2v) is 3.90. The zero-order chi connectivity index (χ0) is 10.4. The van der Waals surface area contributed by atoms with Crippen molar-refractivity contribution in [1.82, 2.24) is 4.72 Å². The van der Waals surface area contributed by atoms with Crippen LogP contribution in [0, 0.1) is 0 Å². The van der Waals surface area contributed by atoms with E-state index >= 15 is 0 Å². The molecule has 0 radical (unpaired) electrons. The molecule has 0 fully saturated rings. The molecular weight excluding hydrogens is 216 g/mol. The summed E-state index contributed by atoms with van der Waals surface area (Å²) < 4.78 is 30.8. The molecule has 0 bridgehead atoms. The molecule has 1 aromatic carbocycles. The molecule has 0 aromatic heterocycles. The summed E-state index contributed by atoms with van der Waals surface area (Å²) in [5.41, 5.74) is 0.907. The first-order chi connectivity index (χ1) is 6.58. The van der Waals surface area contributed by atoms with E-state index in [4.69, 9.17) is 4.55 Å². The Hall–Kier alpha value is -1.11. The maximum Gasteiger partial charge on any atom is 0.333 e. The Kier molecular flexibility index (Phi) is 5.92. The molecule has 6 heteroatoms. The quantitative estimate of drug-likeness (QED) is 0.525. The molecule has 0 atom stereocenters. The van der Waals surface area contributed by atoms with Crippen LogP contribution in [0.4, 0.5) is 5.69 Å². The van der Waals surface area contributed by atoms with Gasteiger partial charge in [-0.05, 0) is 12.1 Å². The molecule has 0 heterocycles.